The number of hydrogen-bond acceptors (Lipinski definition) is 7. The van der Waals surface area contributed by atoms with Gasteiger partial charge in [-0.15, -0.1) is 0 Å². The molecule has 2 atom stereocenters. The molecule has 1 amide bonds. The number of carbonyl (C=O) groups excluding carboxylic acids is 3. The number of ether oxygens (including phenoxy) is 1. The number of aliphatic hydroxyl groups is 1. The third kappa shape index (κ3) is 6.87. The zero-order valence-corrected chi connectivity index (χ0v) is 12.9. The Labute approximate surface area is 131 Å². The van der Waals surface area contributed by atoms with Crippen LogP contribution in [-0.2, 0) is 28.7 Å². The molecule has 0 rings (SSSR count). The third-order valence-corrected chi connectivity index (χ3v) is 2.77. The van der Waals surface area contributed by atoms with Crippen molar-refractivity contribution in [2.75, 3.05) is 0 Å². The number of hydrogen-bond donors (Lipinski definition) is 4. The minimum absolute atomic E-state index is 0.420. The molecule has 0 aromatic carbocycles. The quantitative estimate of drug-likeness (QED) is 0.318. The maximum Gasteiger partial charge on any atom is 0.336 e. The number of carbonyl (C=O) groups is 5. The average Bonchev–Trinajstić information content (AvgIpc) is 2.33. The lowest BCUT2D eigenvalue weighted by Gasteiger charge is -2.22. The Morgan fingerprint density at radius 3 is 1.96 bits per heavy atom. The monoisotopic (exact) mass is 333 g/mol. The lowest BCUT2D eigenvalue weighted by atomic mass is 9.96. The first-order chi connectivity index (χ1) is 10.4. The number of esters is 2. The van der Waals surface area contributed by atoms with Crippen LogP contribution in [-0.4, -0.2) is 56.7 Å². The minimum atomic E-state index is -2.90. The van der Waals surface area contributed by atoms with E-state index < -0.39 is 60.2 Å². The predicted molar refractivity (Wildman–Crippen MR) is 73.0 cm³/mol. The number of aliphatic carboxylic acids is 2. The summed E-state index contributed by atoms with van der Waals surface area (Å²) in [6.07, 6.45) is -2.48. The third-order valence-electron chi connectivity index (χ3n) is 2.77. The van der Waals surface area contributed by atoms with Gasteiger partial charge in [0.05, 0.1) is 12.8 Å². The molecular formula is C13H19NO9. The number of amides is 1. The smallest absolute Gasteiger partial charge is 0.336 e. The van der Waals surface area contributed by atoms with Gasteiger partial charge in [0, 0.05) is 6.92 Å². The normalized spacial score (nSPS) is 14.5. The van der Waals surface area contributed by atoms with Gasteiger partial charge in [-0.05, 0) is 5.92 Å². The van der Waals surface area contributed by atoms with Crippen molar-refractivity contribution in [3.05, 3.63) is 0 Å². The molecule has 2 unspecified atom stereocenters. The van der Waals surface area contributed by atoms with Crippen molar-refractivity contribution in [1.82, 2.24) is 5.32 Å². The molecule has 10 nitrogen and oxygen atoms in total. The van der Waals surface area contributed by atoms with Gasteiger partial charge in [0.15, 0.2) is 5.60 Å². The maximum absolute atomic E-state index is 11.8. The van der Waals surface area contributed by atoms with Crippen LogP contribution in [0.2, 0.25) is 0 Å². The fourth-order valence-electron chi connectivity index (χ4n) is 1.63. The molecule has 10 heteroatoms. The summed E-state index contributed by atoms with van der Waals surface area (Å²) in [5.41, 5.74) is -2.90. The average molecular weight is 333 g/mol. The van der Waals surface area contributed by atoms with E-state index in [4.69, 9.17) is 10.2 Å². The van der Waals surface area contributed by atoms with E-state index >= 15 is 0 Å². The molecule has 0 aromatic rings. The Kier molecular flexibility index (Phi) is 7.33. The number of carboxylic acids is 2. The van der Waals surface area contributed by atoms with Crippen molar-refractivity contribution in [3.8, 4) is 0 Å². The molecule has 0 aliphatic carbocycles. The second kappa shape index (κ2) is 8.22. The number of carboxylic acid groups (broad SMARTS) is 2. The SMILES string of the molecule is CC(=O)NC(C(=O)OC(=O)CC(O)(CC(=O)O)C(=O)O)C(C)C. The summed E-state index contributed by atoms with van der Waals surface area (Å²) in [6.45, 7) is 4.30. The maximum atomic E-state index is 11.8. The van der Waals surface area contributed by atoms with E-state index in [0.29, 0.717) is 0 Å². The van der Waals surface area contributed by atoms with Crippen LogP contribution in [0.25, 0.3) is 0 Å². The van der Waals surface area contributed by atoms with Crippen LogP contribution in [0, 0.1) is 5.92 Å². The second-order valence-corrected chi connectivity index (χ2v) is 5.30. The van der Waals surface area contributed by atoms with Gasteiger partial charge in [-0.25, -0.2) is 9.59 Å². The highest BCUT2D eigenvalue weighted by Gasteiger charge is 2.42. The van der Waals surface area contributed by atoms with Crippen molar-refractivity contribution in [2.45, 2.75) is 45.3 Å². The molecule has 0 heterocycles. The molecule has 0 aliphatic heterocycles. The van der Waals surface area contributed by atoms with E-state index in [1.807, 2.05) is 0 Å². The molecule has 4 N–H and O–H groups in total. The predicted octanol–water partition coefficient (Wildman–Crippen LogP) is -1.10. The van der Waals surface area contributed by atoms with Gasteiger partial charge >= 0.3 is 23.9 Å². The van der Waals surface area contributed by atoms with Gasteiger partial charge in [-0.1, -0.05) is 13.8 Å². The Morgan fingerprint density at radius 2 is 1.61 bits per heavy atom. The molecule has 0 bridgehead atoms. The first-order valence-corrected chi connectivity index (χ1v) is 6.58. The zero-order valence-electron chi connectivity index (χ0n) is 12.9. The summed E-state index contributed by atoms with van der Waals surface area (Å²) in [5, 5.41) is 29.3. The van der Waals surface area contributed by atoms with Gasteiger partial charge in [-0.2, -0.15) is 0 Å². The molecule has 0 aliphatic rings. The molecule has 0 saturated heterocycles. The van der Waals surface area contributed by atoms with E-state index in [2.05, 4.69) is 10.1 Å². The van der Waals surface area contributed by atoms with Crippen LogP contribution >= 0.6 is 0 Å². The van der Waals surface area contributed by atoms with Crippen molar-refractivity contribution in [1.29, 1.82) is 0 Å². The molecule has 0 radical (unpaired) electrons. The van der Waals surface area contributed by atoms with E-state index in [-0.39, 0.29) is 0 Å². The lowest BCUT2D eigenvalue weighted by molar-refractivity contribution is -0.175. The van der Waals surface area contributed by atoms with Crippen molar-refractivity contribution >= 4 is 29.8 Å². The van der Waals surface area contributed by atoms with Gasteiger partial charge in [0.2, 0.25) is 5.91 Å². The molecular weight excluding hydrogens is 314 g/mol. The van der Waals surface area contributed by atoms with Gasteiger partial charge in [0.25, 0.3) is 0 Å². The molecule has 0 aromatic heterocycles. The molecule has 23 heavy (non-hydrogen) atoms. The van der Waals surface area contributed by atoms with Crippen LogP contribution in [0.4, 0.5) is 0 Å². The Bertz CT molecular complexity index is 514. The van der Waals surface area contributed by atoms with Crippen LogP contribution in [0.3, 0.4) is 0 Å². The molecule has 130 valence electrons. The van der Waals surface area contributed by atoms with Crippen LogP contribution in [0.15, 0.2) is 0 Å². The summed E-state index contributed by atoms with van der Waals surface area (Å²) in [6, 6.07) is -1.14. The standard InChI is InChI=1S/C13H19NO9/c1-6(2)10(14-7(3)15)11(19)23-9(18)5-13(22,12(20)21)4-8(16)17/h6,10,22H,4-5H2,1-3H3,(H,14,15)(H,16,17)(H,20,21). The number of nitrogens with one attached hydrogen (secondary N) is 1. The van der Waals surface area contributed by atoms with E-state index in [1.54, 1.807) is 13.8 Å². The van der Waals surface area contributed by atoms with Crippen molar-refractivity contribution < 1.29 is 44.0 Å². The summed E-state index contributed by atoms with van der Waals surface area (Å²) in [7, 11) is 0. The number of rotatable bonds is 8. The van der Waals surface area contributed by atoms with E-state index in [0.717, 1.165) is 6.92 Å². The lowest BCUT2D eigenvalue weighted by Crippen LogP contribution is -2.47. The summed E-state index contributed by atoms with van der Waals surface area (Å²) in [4.78, 5) is 55.9. The van der Waals surface area contributed by atoms with E-state index in [1.165, 1.54) is 0 Å². The molecule has 0 spiro atoms. The highest BCUT2D eigenvalue weighted by Crippen LogP contribution is 2.17. The first kappa shape index (κ1) is 20.5. The van der Waals surface area contributed by atoms with E-state index in [9.17, 15) is 29.1 Å². The van der Waals surface area contributed by atoms with Crippen LogP contribution in [0.1, 0.15) is 33.6 Å². The van der Waals surface area contributed by atoms with Gasteiger partial charge in [0.1, 0.15) is 6.04 Å². The minimum Gasteiger partial charge on any atom is -0.481 e. The topological polar surface area (TPSA) is 167 Å². The van der Waals surface area contributed by atoms with Gasteiger partial charge < -0.3 is 25.4 Å². The van der Waals surface area contributed by atoms with Crippen LogP contribution < -0.4 is 5.32 Å². The Morgan fingerprint density at radius 1 is 1.09 bits per heavy atom. The summed E-state index contributed by atoms with van der Waals surface area (Å²) >= 11 is 0. The highest BCUT2D eigenvalue weighted by atomic mass is 16.6. The largest absolute Gasteiger partial charge is 0.481 e. The van der Waals surface area contributed by atoms with Crippen LogP contribution in [0.5, 0.6) is 0 Å². The second-order valence-electron chi connectivity index (χ2n) is 5.30. The first-order valence-electron chi connectivity index (χ1n) is 6.58. The summed E-state index contributed by atoms with van der Waals surface area (Å²) in [5.74, 6) is -7.10. The van der Waals surface area contributed by atoms with Crippen molar-refractivity contribution in [2.24, 2.45) is 5.92 Å². The Balaban J connectivity index is 4.97. The zero-order chi connectivity index (χ0) is 18.4. The molecule has 0 fully saturated rings. The summed E-state index contributed by atoms with van der Waals surface area (Å²) < 4.78 is 4.39. The van der Waals surface area contributed by atoms with Crippen molar-refractivity contribution in [3.63, 3.8) is 0 Å². The molecule has 0 saturated carbocycles. The fraction of sp³-hybridized carbons (Fsp3) is 0.615. The van der Waals surface area contributed by atoms with Gasteiger partial charge in [-0.3, -0.25) is 14.4 Å². The fourth-order valence-corrected chi connectivity index (χ4v) is 1.63. The highest BCUT2D eigenvalue weighted by molar-refractivity contribution is 5.94. The Hall–Kier alpha value is -2.49.